The molecule has 5 nitrogen and oxygen atoms in total. The van der Waals surface area contributed by atoms with Crippen molar-refractivity contribution in [2.24, 2.45) is 5.92 Å². The third-order valence-electron chi connectivity index (χ3n) is 5.93. The zero-order valence-electron chi connectivity index (χ0n) is 18.0. The Morgan fingerprint density at radius 3 is 2.74 bits per heavy atom. The van der Waals surface area contributed by atoms with Gasteiger partial charge in [0.2, 0.25) is 5.91 Å². The van der Waals surface area contributed by atoms with Gasteiger partial charge in [0.1, 0.15) is 0 Å². The van der Waals surface area contributed by atoms with Gasteiger partial charge in [-0.05, 0) is 54.5 Å². The number of amides is 2. The molecule has 6 heteroatoms. The van der Waals surface area contributed by atoms with E-state index in [-0.39, 0.29) is 17.7 Å². The molecule has 0 radical (unpaired) electrons. The molecule has 1 aromatic carbocycles. The van der Waals surface area contributed by atoms with Gasteiger partial charge in [-0.15, -0.1) is 11.3 Å². The van der Waals surface area contributed by atoms with Crippen LogP contribution in [0.25, 0.3) is 10.4 Å². The predicted molar refractivity (Wildman–Crippen MR) is 124 cm³/mol. The van der Waals surface area contributed by atoms with Crippen LogP contribution in [-0.4, -0.2) is 52.8 Å². The Labute approximate surface area is 187 Å². The number of hydrogen-bond donors (Lipinski definition) is 0. The lowest BCUT2D eigenvalue weighted by molar-refractivity contribution is -0.134. The number of likely N-dealkylation sites (N-methyl/N-ethyl adjacent to an activating group) is 1. The fourth-order valence-electron chi connectivity index (χ4n) is 4.22. The molecule has 1 fully saturated rings. The number of rotatable bonds is 5. The summed E-state index contributed by atoms with van der Waals surface area (Å²) in [6.07, 6.45) is 3.97. The van der Waals surface area contributed by atoms with Crippen LogP contribution in [0.15, 0.2) is 60.2 Å². The van der Waals surface area contributed by atoms with Crippen LogP contribution in [0.3, 0.4) is 0 Å². The minimum absolute atomic E-state index is 0.0257. The molecule has 1 saturated heterocycles. The second-order valence-corrected chi connectivity index (χ2v) is 8.84. The fourth-order valence-corrected chi connectivity index (χ4v) is 5.00. The lowest BCUT2D eigenvalue weighted by Gasteiger charge is -2.24. The SMILES string of the molecule is CCN1CCN(C(=O)c2ccncc2C)C[C@@H](Cc2ccccc2-c2cccs2)C1=O. The van der Waals surface area contributed by atoms with Crippen molar-refractivity contribution in [1.29, 1.82) is 0 Å². The smallest absolute Gasteiger partial charge is 0.254 e. The largest absolute Gasteiger partial charge is 0.341 e. The average Bonchev–Trinajstić information content (AvgIpc) is 3.27. The molecule has 1 aliphatic heterocycles. The second kappa shape index (κ2) is 9.43. The highest BCUT2D eigenvalue weighted by atomic mass is 32.1. The topological polar surface area (TPSA) is 53.5 Å². The summed E-state index contributed by atoms with van der Waals surface area (Å²) >= 11 is 1.70. The number of benzene rings is 1. The fraction of sp³-hybridized carbons (Fsp3) is 0.320. The number of carbonyl (C=O) groups is 2. The Balaban J connectivity index is 1.63. The summed E-state index contributed by atoms with van der Waals surface area (Å²) in [4.78, 5) is 35.6. The molecule has 0 spiro atoms. The zero-order valence-corrected chi connectivity index (χ0v) is 18.8. The molecule has 1 aliphatic rings. The summed E-state index contributed by atoms with van der Waals surface area (Å²) in [6.45, 7) is 6.08. The van der Waals surface area contributed by atoms with Gasteiger partial charge in [0.25, 0.3) is 5.91 Å². The van der Waals surface area contributed by atoms with Gasteiger partial charge in [0.05, 0.1) is 5.92 Å². The maximum atomic E-state index is 13.3. The summed E-state index contributed by atoms with van der Waals surface area (Å²) in [5, 5.41) is 2.07. The first-order valence-electron chi connectivity index (χ1n) is 10.7. The van der Waals surface area contributed by atoms with Crippen LogP contribution in [0.1, 0.15) is 28.4 Å². The molecular formula is C25H27N3O2S. The minimum atomic E-state index is -0.269. The maximum Gasteiger partial charge on any atom is 0.254 e. The van der Waals surface area contributed by atoms with Crippen molar-refractivity contribution in [2.75, 3.05) is 26.2 Å². The lowest BCUT2D eigenvalue weighted by Crippen LogP contribution is -2.38. The Bertz CT molecular complexity index is 1060. The van der Waals surface area contributed by atoms with Gasteiger partial charge in [-0.25, -0.2) is 0 Å². The summed E-state index contributed by atoms with van der Waals surface area (Å²) in [7, 11) is 0. The van der Waals surface area contributed by atoms with Gasteiger partial charge in [0.15, 0.2) is 0 Å². The molecule has 31 heavy (non-hydrogen) atoms. The Morgan fingerprint density at radius 1 is 1.16 bits per heavy atom. The molecule has 2 aromatic heterocycles. The van der Waals surface area contributed by atoms with E-state index >= 15 is 0 Å². The molecule has 2 amide bonds. The van der Waals surface area contributed by atoms with E-state index in [1.54, 1.807) is 29.8 Å². The van der Waals surface area contributed by atoms with Crippen molar-refractivity contribution in [2.45, 2.75) is 20.3 Å². The van der Waals surface area contributed by atoms with Gasteiger partial charge in [0, 0.05) is 49.0 Å². The first-order valence-corrected chi connectivity index (χ1v) is 11.6. The van der Waals surface area contributed by atoms with Crippen LogP contribution >= 0.6 is 11.3 Å². The van der Waals surface area contributed by atoms with Gasteiger partial charge in [-0.3, -0.25) is 14.6 Å². The van der Waals surface area contributed by atoms with Crippen molar-refractivity contribution < 1.29 is 9.59 Å². The highest BCUT2D eigenvalue weighted by Crippen LogP contribution is 2.30. The second-order valence-electron chi connectivity index (χ2n) is 7.90. The molecular weight excluding hydrogens is 406 g/mol. The molecule has 1 atom stereocenters. The van der Waals surface area contributed by atoms with Crippen LogP contribution in [0, 0.1) is 12.8 Å². The van der Waals surface area contributed by atoms with E-state index in [0.717, 1.165) is 11.1 Å². The average molecular weight is 434 g/mol. The number of pyridine rings is 1. The normalized spacial score (nSPS) is 17.0. The minimum Gasteiger partial charge on any atom is -0.341 e. The lowest BCUT2D eigenvalue weighted by atomic mass is 9.93. The molecule has 4 rings (SSSR count). The number of carbonyl (C=O) groups excluding carboxylic acids is 2. The van der Waals surface area contributed by atoms with Gasteiger partial charge in [-0.2, -0.15) is 0 Å². The Kier molecular flexibility index (Phi) is 6.47. The van der Waals surface area contributed by atoms with E-state index in [1.165, 1.54) is 10.4 Å². The number of nitrogens with zero attached hydrogens (tertiary/aromatic N) is 3. The summed E-state index contributed by atoms with van der Waals surface area (Å²) < 4.78 is 0. The number of aryl methyl sites for hydroxylation is 1. The number of thiophene rings is 1. The van der Waals surface area contributed by atoms with Crippen molar-refractivity contribution in [3.05, 3.63) is 76.9 Å². The van der Waals surface area contributed by atoms with E-state index in [4.69, 9.17) is 0 Å². The van der Waals surface area contributed by atoms with Gasteiger partial charge in [-0.1, -0.05) is 30.3 Å². The number of hydrogen-bond acceptors (Lipinski definition) is 4. The van der Waals surface area contributed by atoms with Crippen LogP contribution in [0.5, 0.6) is 0 Å². The third kappa shape index (κ3) is 4.54. The number of aromatic nitrogens is 1. The first-order chi connectivity index (χ1) is 15.1. The monoisotopic (exact) mass is 433 g/mol. The van der Waals surface area contributed by atoms with E-state index in [9.17, 15) is 9.59 Å². The summed E-state index contributed by atoms with van der Waals surface area (Å²) in [5.74, 6) is -0.165. The Morgan fingerprint density at radius 2 is 2.00 bits per heavy atom. The Hall–Kier alpha value is -2.99. The van der Waals surface area contributed by atoms with Gasteiger partial charge < -0.3 is 9.80 Å². The van der Waals surface area contributed by atoms with E-state index in [1.807, 2.05) is 41.8 Å². The molecule has 3 heterocycles. The molecule has 0 N–H and O–H groups in total. The molecule has 160 valence electrons. The van der Waals surface area contributed by atoms with Crippen LogP contribution in [-0.2, 0) is 11.2 Å². The quantitative estimate of drug-likeness (QED) is 0.603. The molecule has 0 unspecified atom stereocenters. The summed E-state index contributed by atoms with van der Waals surface area (Å²) in [5.41, 5.74) is 3.83. The van der Waals surface area contributed by atoms with Crippen molar-refractivity contribution in [1.82, 2.24) is 14.8 Å². The van der Waals surface area contributed by atoms with Gasteiger partial charge >= 0.3 is 0 Å². The van der Waals surface area contributed by atoms with E-state index < -0.39 is 0 Å². The highest BCUT2D eigenvalue weighted by molar-refractivity contribution is 7.13. The standard InChI is InChI=1S/C25H27N3O2S/c1-3-27-12-13-28(25(30)21-10-11-26-16-18(21)2)17-20(24(27)29)15-19-7-4-5-8-22(19)23-9-6-14-31-23/h4-11,14,16,20H,3,12-13,15,17H2,1-2H3/t20-/m1/s1. The molecule has 3 aromatic rings. The van der Waals surface area contributed by atoms with E-state index in [2.05, 4.69) is 28.6 Å². The van der Waals surface area contributed by atoms with Crippen LogP contribution in [0.4, 0.5) is 0 Å². The molecule has 0 saturated carbocycles. The maximum absolute atomic E-state index is 13.3. The third-order valence-corrected chi connectivity index (χ3v) is 6.83. The van der Waals surface area contributed by atoms with E-state index in [0.29, 0.717) is 38.2 Å². The predicted octanol–water partition coefficient (Wildman–Crippen LogP) is 4.28. The molecule has 0 bridgehead atoms. The molecule has 0 aliphatic carbocycles. The zero-order chi connectivity index (χ0) is 21.8. The van der Waals surface area contributed by atoms with Crippen molar-refractivity contribution >= 4 is 23.2 Å². The van der Waals surface area contributed by atoms with Crippen LogP contribution < -0.4 is 0 Å². The van der Waals surface area contributed by atoms with Crippen molar-refractivity contribution in [3.63, 3.8) is 0 Å². The van der Waals surface area contributed by atoms with Crippen molar-refractivity contribution in [3.8, 4) is 10.4 Å². The summed E-state index contributed by atoms with van der Waals surface area (Å²) in [6, 6.07) is 14.2. The van der Waals surface area contributed by atoms with Crippen LogP contribution in [0.2, 0.25) is 0 Å². The highest BCUT2D eigenvalue weighted by Gasteiger charge is 2.32. The first kappa shape index (κ1) is 21.2.